The fourth-order valence-electron chi connectivity index (χ4n) is 0.888. The Labute approximate surface area is 71.5 Å². The van der Waals surface area contributed by atoms with Gasteiger partial charge in [-0.3, -0.25) is 9.59 Å². The molecule has 0 aromatic heterocycles. The Morgan fingerprint density at radius 3 is 2.17 bits per heavy atom. The molecule has 0 fully saturated rings. The third-order valence-corrected chi connectivity index (χ3v) is 1.51. The third-order valence-electron chi connectivity index (χ3n) is 1.51. The van der Waals surface area contributed by atoms with Gasteiger partial charge in [-0.05, 0) is 13.8 Å². The minimum atomic E-state index is -0.614. The Bertz CT molecular complexity index is 180. The lowest BCUT2D eigenvalue weighted by atomic mass is 10.3. The van der Waals surface area contributed by atoms with Crippen LogP contribution in [0.2, 0.25) is 0 Å². The van der Waals surface area contributed by atoms with Gasteiger partial charge in [-0.2, -0.15) is 0 Å². The van der Waals surface area contributed by atoms with Gasteiger partial charge in [-0.1, -0.05) is 0 Å². The molecule has 0 bridgehead atoms. The lowest BCUT2D eigenvalue weighted by molar-refractivity contribution is -0.144. The molecule has 0 unspecified atom stereocenters. The van der Waals surface area contributed by atoms with Crippen LogP contribution in [0.1, 0.15) is 20.8 Å². The van der Waals surface area contributed by atoms with E-state index in [9.17, 15) is 14.0 Å². The molecule has 70 valence electrons. The van der Waals surface area contributed by atoms with Gasteiger partial charge in [0, 0.05) is 19.5 Å². The van der Waals surface area contributed by atoms with Gasteiger partial charge in [0.15, 0.2) is 0 Å². The Morgan fingerprint density at radius 1 is 1.42 bits per heavy atom. The predicted molar refractivity (Wildman–Crippen MR) is 43.5 cm³/mol. The highest BCUT2D eigenvalue weighted by Crippen LogP contribution is 1.99. The first-order chi connectivity index (χ1) is 5.50. The van der Waals surface area contributed by atoms with Crippen molar-refractivity contribution in [2.24, 2.45) is 0 Å². The van der Waals surface area contributed by atoms with Crippen molar-refractivity contribution >= 4 is 11.7 Å². The maximum absolute atomic E-state index is 11.9. The lowest BCUT2D eigenvalue weighted by Gasteiger charge is -2.23. The van der Waals surface area contributed by atoms with Crippen molar-refractivity contribution in [2.75, 3.05) is 13.2 Å². The fourth-order valence-corrected chi connectivity index (χ4v) is 0.888. The number of alkyl halides is 1. The molecule has 0 atom stereocenters. The molecule has 0 N–H and O–H groups in total. The SMILES string of the molecule is CC(=O)C(=O)N(CCF)C(C)C. The van der Waals surface area contributed by atoms with Crippen LogP contribution in [-0.2, 0) is 9.59 Å². The molecule has 0 aliphatic rings. The van der Waals surface area contributed by atoms with E-state index in [2.05, 4.69) is 0 Å². The molecule has 4 heteroatoms. The van der Waals surface area contributed by atoms with Crippen LogP contribution < -0.4 is 0 Å². The van der Waals surface area contributed by atoms with Gasteiger partial charge < -0.3 is 4.90 Å². The van der Waals surface area contributed by atoms with Gasteiger partial charge >= 0.3 is 0 Å². The molecule has 0 aromatic rings. The van der Waals surface area contributed by atoms with Crippen LogP contribution >= 0.6 is 0 Å². The molecule has 0 aliphatic carbocycles. The average Bonchev–Trinajstić information content (AvgIpc) is 1.98. The molecule has 3 nitrogen and oxygen atoms in total. The largest absolute Gasteiger partial charge is 0.331 e. The van der Waals surface area contributed by atoms with Crippen LogP contribution in [-0.4, -0.2) is 35.9 Å². The van der Waals surface area contributed by atoms with Crippen molar-refractivity contribution in [1.29, 1.82) is 0 Å². The summed E-state index contributed by atoms with van der Waals surface area (Å²) in [5.74, 6) is -1.15. The summed E-state index contributed by atoms with van der Waals surface area (Å²) >= 11 is 0. The maximum Gasteiger partial charge on any atom is 0.289 e. The van der Waals surface area contributed by atoms with Crippen molar-refractivity contribution in [3.8, 4) is 0 Å². The summed E-state index contributed by atoms with van der Waals surface area (Å²) in [4.78, 5) is 23.0. The molecular formula is C8H14FNO2. The van der Waals surface area contributed by atoms with E-state index in [-0.39, 0.29) is 12.6 Å². The minimum Gasteiger partial charge on any atom is -0.331 e. The smallest absolute Gasteiger partial charge is 0.289 e. The first-order valence-electron chi connectivity index (χ1n) is 3.88. The zero-order chi connectivity index (χ0) is 9.72. The van der Waals surface area contributed by atoms with E-state index in [0.717, 1.165) is 0 Å². The molecule has 0 aliphatic heterocycles. The molecule has 0 heterocycles. The summed E-state index contributed by atoms with van der Waals surface area (Å²) in [6.45, 7) is 4.07. The molecular weight excluding hydrogens is 161 g/mol. The van der Waals surface area contributed by atoms with Gasteiger partial charge in [0.1, 0.15) is 6.67 Å². The number of rotatable bonds is 4. The van der Waals surface area contributed by atoms with Crippen LogP contribution in [0.4, 0.5) is 4.39 Å². The van der Waals surface area contributed by atoms with E-state index in [1.165, 1.54) is 11.8 Å². The van der Waals surface area contributed by atoms with Crippen LogP contribution in [0.15, 0.2) is 0 Å². The predicted octanol–water partition coefficient (Wildman–Crippen LogP) is 0.782. The Balaban J connectivity index is 4.29. The summed E-state index contributed by atoms with van der Waals surface area (Å²) in [6.07, 6.45) is 0. The van der Waals surface area contributed by atoms with E-state index in [1.807, 2.05) is 0 Å². The first kappa shape index (κ1) is 11.1. The fraction of sp³-hybridized carbons (Fsp3) is 0.750. The Hall–Kier alpha value is -0.930. The number of amides is 1. The number of carbonyl (C=O) groups excluding carboxylic acids is 2. The van der Waals surface area contributed by atoms with Crippen LogP contribution in [0.5, 0.6) is 0 Å². The Kier molecular flexibility index (Phi) is 4.47. The van der Waals surface area contributed by atoms with Crippen LogP contribution in [0, 0.1) is 0 Å². The lowest BCUT2D eigenvalue weighted by Crippen LogP contribution is -2.41. The molecule has 0 aromatic carbocycles. The highest BCUT2D eigenvalue weighted by Gasteiger charge is 2.19. The van der Waals surface area contributed by atoms with Gasteiger partial charge in [0.05, 0.1) is 0 Å². The summed E-state index contributed by atoms with van der Waals surface area (Å²) in [5, 5.41) is 0. The first-order valence-corrected chi connectivity index (χ1v) is 3.88. The number of halogens is 1. The molecule has 0 radical (unpaired) electrons. The number of Topliss-reactive ketones (excluding diaryl/α,β-unsaturated/α-hetero) is 1. The van der Waals surface area contributed by atoms with Gasteiger partial charge in [-0.15, -0.1) is 0 Å². The number of hydrogen-bond donors (Lipinski definition) is 0. The molecule has 1 amide bonds. The van der Waals surface area contributed by atoms with E-state index >= 15 is 0 Å². The molecule has 12 heavy (non-hydrogen) atoms. The summed E-state index contributed by atoms with van der Waals surface area (Å²) in [7, 11) is 0. The second-order valence-electron chi connectivity index (χ2n) is 2.84. The van der Waals surface area contributed by atoms with Gasteiger partial charge in [0.2, 0.25) is 5.78 Å². The molecule has 0 saturated heterocycles. The van der Waals surface area contributed by atoms with E-state index in [1.54, 1.807) is 13.8 Å². The Morgan fingerprint density at radius 2 is 1.92 bits per heavy atom. The van der Waals surface area contributed by atoms with E-state index in [4.69, 9.17) is 0 Å². The quantitative estimate of drug-likeness (QED) is 0.592. The zero-order valence-electron chi connectivity index (χ0n) is 7.63. The number of ketones is 1. The van der Waals surface area contributed by atoms with Crippen molar-refractivity contribution in [3.63, 3.8) is 0 Å². The second-order valence-corrected chi connectivity index (χ2v) is 2.84. The van der Waals surface area contributed by atoms with Gasteiger partial charge in [-0.25, -0.2) is 4.39 Å². The number of hydrogen-bond acceptors (Lipinski definition) is 2. The minimum absolute atomic E-state index is 0.00389. The highest BCUT2D eigenvalue weighted by molar-refractivity contribution is 6.35. The third kappa shape index (κ3) is 2.98. The topological polar surface area (TPSA) is 37.4 Å². The average molecular weight is 175 g/mol. The molecule has 0 rings (SSSR count). The molecule has 0 spiro atoms. The van der Waals surface area contributed by atoms with Crippen molar-refractivity contribution in [3.05, 3.63) is 0 Å². The summed E-state index contributed by atoms with van der Waals surface area (Å²) < 4.78 is 11.9. The van der Waals surface area contributed by atoms with Crippen LogP contribution in [0.3, 0.4) is 0 Å². The van der Waals surface area contributed by atoms with Crippen molar-refractivity contribution in [2.45, 2.75) is 26.8 Å². The number of carbonyl (C=O) groups is 2. The van der Waals surface area contributed by atoms with E-state index < -0.39 is 18.4 Å². The standard InChI is InChI=1S/C8H14FNO2/c1-6(2)10(5-4-9)8(12)7(3)11/h6H,4-5H2,1-3H3. The molecule has 0 saturated carbocycles. The van der Waals surface area contributed by atoms with Crippen molar-refractivity contribution in [1.82, 2.24) is 4.90 Å². The zero-order valence-corrected chi connectivity index (χ0v) is 7.63. The monoisotopic (exact) mass is 175 g/mol. The maximum atomic E-state index is 11.9. The van der Waals surface area contributed by atoms with E-state index in [0.29, 0.717) is 0 Å². The summed E-state index contributed by atoms with van der Waals surface area (Å²) in [5.41, 5.74) is 0. The van der Waals surface area contributed by atoms with Crippen molar-refractivity contribution < 1.29 is 14.0 Å². The second kappa shape index (κ2) is 4.85. The highest BCUT2D eigenvalue weighted by atomic mass is 19.1. The van der Waals surface area contributed by atoms with Gasteiger partial charge in [0.25, 0.3) is 5.91 Å². The number of nitrogens with zero attached hydrogens (tertiary/aromatic N) is 1. The van der Waals surface area contributed by atoms with Crippen LogP contribution in [0.25, 0.3) is 0 Å². The summed E-state index contributed by atoms with van der Waals surface area (Å²) in [6, 6.07) is -0.128. The normalized spacial score (nSPS) is 10.1.